The number of nitrogens with zero attached hydrogens (tertiary/aromatic N) is 1. The van der Waals surface area contributed by atoms with Crippen molar-refractivity contribution in [1.82, 2.24) is 10.2 Å². The molecule has 1 atom stereocenters. The van der Waals surface area contributed by atoms with Gasteiger partial charge >= 0.3 is 0 Å². The zero-order valence-electron chi connectivity index (χ0n) is 17.0. The van der Waals surface area contributed by atoms with Gasteiger partial charge in [0.05, 0.1) is 0 Å². The van der Waals surface area contributed by atoms with E-state index >= 15 is 0 Å². The Morgan fingerprint density at radius 3 is 2.65 bits per heavy atom. The molecular weight excluding hydrogens is 316 g/mol. The molecule has 0 aliphatic carbocycles. The fraction of sp³-hybridized carbons (Fsp3) is 0.500. The fourth-order valence-corrected chi connectivity index (χ4v) is 3.93. The number of nitrogens with one attached hydrogen (secondary N) is 1. The van der Waals surface area contributed by atoms with Crippen molar-refractivity contribution in [1.29, 1.82) is 0 Å². The molecule has 142 valence electrons. The van der Waals surface area contributed by atoms with Gasteiger partial charge in [0.1, 0.15) is 0 Å². The van der Waals surface area contributed by atoms with Crippen LogP contribution in [-0.4, -0.2) is 31.1 Å². The van der Waals surface area contributed by atoms with Crippen LogP contribution in [-0.2, 0) is 13.0 Å². The monoisotopic (exact) mass is 352 g/mol. The molecular formula is C24H36N2. The van der Waals surface area contributed by atoms with Gasteiger partial charge in [-0.15, -0.1) is 0 Å². The lowest BCUT2D eigenvalue weighted by molar-refractivity contribution is 0.226. The summed E-state index contributed by atoms with van der Waals surface area (Å²) in [5.41, 5.74) is 6.91. The van der Waals surface area contributed by atoms with E-state index in [1.807, 2.05) is 6.08 Å². The van der Waals surface area contributed by atoms with Gasteiger partial charge in [0.25, 0.3) is 0 Å². The molecule has 0 fully saturated rings. The van der Waals surface area contributed by atoms with E-state index in [1.54, 1.807) is 0 Å². The third-order valence-electron chi connectivity index (χ3n) is 5.47. The first kappa shape index (κ1) is 20.7. The number of benzene rings is 1. The van der Waals surface area contributed by atoms with Gasteiger partial charge in [-0.2, -0.15) is 0 Å². The van der Waals surface area contributed by atoms with Crippen LogP contribution in [0.25, 0.3) is 0 Å². The molecule has 1 aliphatic rings. The zero-order valence-corrected chi connectivity index (χ0v) is 17.0. The summed E-state index contributed by atoms with van der Waals surface area (Å²) in [7, 11) is 2.09. The number of hydrogen-bond donors (Lipinski definition) is 1. The van der Waals surface area contributed by atoms with Crippen LogP contribution in [0.2, 0.25) is 0 Å². The van der Waals surface area contributed by atoms with E-state index in [4.69, 9.17) is 0 Å². The number of fused-ring (bicyclic) bond motifs is 1. The van der Waals surface area contributed by atoms with Crippen molar-refractivity contribution in [3.8, 4) is 0 Å². The average molecular weight is 353 g/mol. The number of likely N-dealkylation sites (N-methyl/N-ethyl adjacent to an activating group) is 1. The highest BCUT2D eigenvalue weighted by Gasteiger charge is 2.20. The first-order valence-corrected chi connectivity index (χ1v) is 10.1. The highest BCUT2D eigenvalue weighted by atomic mass is 15.1. The molecule has 0 saturated carbocycles. The van der Waals surface area contributed by atoms with Crippen molar-refractivity contribution in [3.05, 3.63) is 71.3 Å². The normalized spacial score (nSPS) is 16.6. The molecule has 1 heterocycles. The third kappa shape index (κ3) is 5.69. The Bertz CT molecular complexity index is 641. The van der Waals surface area contributed by atoms with Crippen molar-refractivity contribution >= 4 is 0 Å². The van der Waals surface area contributed by atoms with Crippen LogP contribution < -0.4 is 5.32 Å². The maximum atomic E-state index is 4.17. The lowest BCUT2D eigenvalue weighted by atomic mass is 9.92. The van der Waals surface area contributed by atoms with E-state index < -0.39 is 0 Å². The van der Waals surface area contributed by atoms with Crippen molar-refractivity contribution in [3.63, 3.8) is 0 Å². The van der Waals surface area contributed by atoms with Gasteiger partial charge in [-0.05, 0) is 56.4 Å². The molecule has 0 bridgehead atoms. The molecule has 2 heteroatoms. The van der Waals surface area contributed by atoms with Gasteiger partial charge in [0.2, 0.25) is 0 Å². The third-order valence-corrected chi connectivity index (χ3v) is 5.47. The second-order valence-corrected chi connectivity index (χ2v) is 7.55. The highest BCUT2D eigenvalue weighted by molar-refractivity contribution is 5.40. The van der Waals surface area contributed by atoms with E-state index in [1.165, 1.54) is 35.1 Å². The zero-order chi connectivity index (χ0) is 18.9. The summed E-state index contributed by atoms with van der Waals surface area (Å²) in [5.74, 6) is 0. The predicted molar refractivity (Wildman–Crippen MR) is 114 cm³/mol. The second-order valence-electron chi connectivity index (χ2n) is 7.55. The Morgan fingerprint density at radius 1 is 1.31 bits per heavy atom. The molecule has 0 spiro atoms. The van der Waals surface area contributed by atoms with E-state index in [2.05, 4.69) is 68.5 Å². The van der Waals surface area contributed by atoms with Crippen LogP contribution in [0.3, 0.4) is 0 Å². The molecule has 0 aromatic heterocycles. The molecule has 1 aliphatic heterocycles. The fourth-order valence-electron chi connectivity index (χ4n) is 3.93. The first-order chi connectivity index (χ1) is 12.6. The minimum absolute atomic E-state index is 0.460. The molecule has 2 rings (SSSR count). The summed E-state index contributed by atoms with van der Waals surface area (Å²) in [4.78, 5) is 2.59. The summed E-state index contributed by atoms with van der Waals surface area (Å²) in [6.45, 7) is 15.9. The number of allylic oxidation sites excluding steroid dienone is 3. The molecule has 0 radical (unpaired) electrons. The molecule has 1 N–H and O–H groups in total. The lowest BCUT2D eigenvalue weighted by Gasteiger charge is -2.32. The van der Waals surface area contributed by atoms with E-state index in [-0.39, 0.29) is 0 Å². The van der Waals surface area contributed by atoms with Gasteiger partial charge in [-0.25, -0.2) is 0 Å². The van der Waals surface area contributed by atoms with E-state index in [9.17, 15) is 0 Å². The standard InChI is InChI=1S/C24H36N2/c1-6-8-11-21(24(7-2)19(3)4)16-23(25-5)18-26-15-14-20-12-9-10-13-22(20)17-26/h7,9-10,12-13,23,25H,2-3,6,8,11,14-18H2,1,4-5H3/b24-21-. The highest BCUT2D eigenvalue weighted by Crippen LogP contribution is 2.25. The molecule has 2 nitrogen and oxygen atoms in total. The largest absolute Gasteiger partial charge is 0.315 e. The minimum Gasteiger partial charge on any atom is -0.315 e. The molecule has 0 amide bonds. The van der Waals surface area contributed by atoms with Gasteiger partial charge in [0, 0.05) is 25.7 Å². The van der Waals surface area contributed by atoms with Crippen LogP contribution in [0.4, 0.5) is 0 Å². The van der Waals surface area contributed by atoms with Crippen molar-refractivity contribution in [2.45, 2.75) is 58.5 Å². The second kappa shape index (κ2) is 10.5. The topological polar surface area (TPSA) is 15.3 Å². The first-order valence-electron chi connectivity index (χ1n) is 10.1. The van der Waals surface area contributed by atoms with Crippen LogP contribution >= 0.6 is 0 Å². The van der Waals surface area contributed by atoms with Crippen LogP contribution in [0, 0.1) is 0 Å². The summed E-state index contributed by atoms with van der Waals surface area (Å²) >= 11 is 0. The average Bonchev–Trinajstić information content (AvgIpc) is 2.65. The van der Waals surface area contributed by atoms with Gasteiger partial charge in [0.15, 0.2) is 0 Å². The van der Waals surface area contributed by atoms with Crippen molar-refractivity contribution < 1.29 is 0 Å². The molecule has 26 heavy (non-hydrogen) atoms. The van der Waals surface area contributed by atoms with Crippen LogP contribution in [0.1, 0.15) is 50.7 Å². The lowest BCUT2D eigenvalue weighted by Crippen LogP contribution is -2.42. The summed E-state index contributed by atoms with van der Waals surface area (Å²) < 4.78 is 0. The Labute approximate surface area is 160 Å². The maximum Gasteiger partial charge on any atom is 0.0237 e. The van der Waals surface area contributed by atoms with E-state index in [0.717, 1.165) is 44.5 Å². The Balaban J connectivity index is 2.07. The SMILES string of the molecule is C=C/C(C(=C)C)=C(\CCCC)CC(CN1CCc2ccccc2C1)NC. The van der Waals surface area contributed by atoms with Gasteiger partial charge < -0.3 is 5.32 Å². The van der Waals surface area contributed by atoms with E-state index in [0.29, 0.717) is 6.04 Å². The smallest absolute Gasteiger partial charge is 0.0237 e. The summed E-state index contributed by atoms with van der Waals surface area (Å²) in [5, 5.41) is 3.56. The summed E-state index contributed by atoms with van der Waals surface area (Å²) in [6.07, 6.45) is 7.82. The van der Waals surface area contributed by atoms with Crippen molar-refractivity contribution in [2.24, 2.45) is 0 Å². The molecule has 0 saturated heterocycles. The van der Waals surface area contributed by atoms with Gasteiger partial charge in [-0.3, -0.25) is 4.90 Å². The Morgan fingerprint density at radius 2 is 2.04 bits per heavy atom. The van der Waals surface area contributed by atoms with Crippen LogP contribution in [0.5, 0.6) is 0 Å². The van der Waals surface area contributed by atoms with Crippen LogP contribution in [0.15, 0.2) is 60.2 Å². The number of hydrogen-bond acceptors (Lipinski definition) is 2. The molecule has 1 aromatic carbocycles. The summed E-state index contributed by atoms with van der Waals surface area (Å²) in [6, 6.07) is 9.33. The predicted octanol–water partition coefficient (Wildman–Crippen LogP) is 5.27. The number of unbranched alkanes of at least 4 members (excludes halogenated alkanes) is 1. The Kier molecular flexibility index (Phi) is 8.34. The van der Waals surface area contributed by atoms with Crippen molar-refractivity contribution in [2.75, 3.05) is 20.1 Å². The maximum absolute atomic E-state index is 4.17. The molecule has 1 aromatic rings. The Hall–Kier alpha value is -1.64. The minimum atomic E-state index is 0.460. The quantitative estimate of drug-likeness (QED) is 0.577. The van der Waals surface area contributed by atoms with Gasteiger partial charge in [-0.1, -0.05) is 68.0 Å². The molecule has 1 unspecified atom stereocenters. The number of rotatable bonds is 10.